The fourth-order valence-electron chi connectivity index (χ4n) is 1.87. The molecule has 1 saturated heterocycles. The van der Waals surface area contributed by atoms with Gasteiger partial charge in [-0.2, -0.15) is 0 Å². The Hall–Kier alpha value is -0.610. The van der Waals surface area contributed by atoms with Gasteiger partial charge in [-0.25, -0.2) is 0 Å². The lowest BCUT2D eigenvalue weighted by Crippen LogP contribution is -2.46. The van der Waals surface area contributed by atoms with Crippen molar-refractivity contribution < 1.29 is 9.53 Å². The maximum Gasteiger partial charge on any atom is 0.249 e. The molecule has 0 aromatic heterocycles. The zero-order valence-electron chi connectivity index (χ0n) is 8.58. The number of amides is 1. The van der Waals surface area contributed by atoms with Crippen LogP contribution in [0.1, 0.15) is 32.6 Å². The molecule has 4 nitrogen and oxygen atoms in total. The lowest BCUT2D eigenvalue weighted by atomic mass is 10.2. The van der Waals surface area contributed by atoms with Crippen LogP contribution in [0.3, 0.4) is 0 Å². The van der Waals surface area contributed by atoms with Crippen LogP contribution in [0.4, 0.5) is 0 Å². The Kier molecular flexibility index (Phi) is 2.49. The third-order valence-electron chi connectivity index (χ3n) is 3.16. The molecule has 1 saturated carbocycles. The Morgan fingerprint density at radius 2 is 2.29 bits per heavy atom. The molecular formula is C10H18N2O2. The van der Waals surface area contributed by atoms with E-state index in [0.29, 0.717) is 6.54 Å². The van der Waals surface area contributed by atoms with Gasteiger partial charge in [0.1, 0.15) is 6.10 Å². The fraction of sp³-hybridized carbons (Fsp3) is 0.900. The van der Waals surface area contributed by atoms with E-state index in [4.69, 9.17) is 10.5 Å². The number of nitrogens with one attached hydrogen (secondary N) is 1. The van der Waals surface area contributed by atoms with E-state index >= 15 is 0 Å². The molecule has 1 amide bonds. The lowest BCUT2D eigenvalue weighted by molar-refractivity contribution is -0.132. The Balaban J connectivity index is 1.84. The molecule has 0 bridgehead atoms. The van der Waals surface area contributed by atoms with Crippen molar-refractivity contribution >= 4 is 5.91 Å². The molecule has 14 heavy (non-hydrogen) atoms. The van der Waals surface area contributed by atoms with E-state index in [2.05, 4.69) is 5.32 Å². The van der Waals surface area contributed by atoms with Crippen LogP contribution < -0.4 is 11.1 Å². The molecule has 3 N–H and O–H groups in total. The second kappa shape index (κ2) is 3.51. The van der Waals surface area contributed by atoms with Crippen molar-refractivity contribution in [1.82, 2.24) is 5.32 Å². The van der Waals surface area contributed by atoms with Gasteiger partial charge in [0.15, 0.2) is 0 Å². The quantitative estimate of drug-likeness (QED) is 0.679. The minimum Gasteiger partial charge on any atom is -0.365 e. The number of rotatable bonds is 3. The van der Waals surface area contributed by atoms with Crippen molar-refractivity contribution in [2.45, 2.75) is 50.4 Å². The van der Waals surface area contributed by atoms with Gasteiger partial charge in [0.05, 0.1) is 11.6 Å². The second-order valence-electron chi connectivity index (χ2n) is 4.49. The average Bonchev–Trinajstić information content (AvgIpc) is 2.80. The summed E-state index contributed by atoms with van der Waals surface area (Å²) in [4.78, 5) is 11.7. The highest BCUT2D eigenvalue weighted by Gasteiger charge is 2.44. The van der Waals surface area contributed by atoms with Crippen LogP contribution in [-0.2, 0) is 9.53 Å². The van der Waals surface area contributed by atoms with Gasteiger partial charge >= 0.3 is 0 Å². The van der Waals surface area contributed by atoms with Crippen LogP contribution in [0.15, 0.2) is 0 Å². The van der Waals surface area contributed by atoms with Crippen LogP contribution in [-0.4, -0.2) is 30.2 Å². The van der Waals surface area contributed by atoms with Gasteiger partial charge in [-0.15, -0.1) is 0 Å². The summed E-state index contributed by atoms with van der Waals surface area (Å²) >= 11 is 0. The number of carbonyl (C=O) groups is 1. The molecule has 0 aromatic carbocycles. The third-order valence-corrected chi connectivity index (χ3v) is 3.16. The summed E-state index contributed by atoms with van der Waals surface area (Å²) in [5.74, 6) is 0.0253. The van der Waals surface area contributed by atoms with E-state index in [1.54, 1.807) is 0 Å². The van der Waals surface area contributed by atoms with Crippen LogP contribution >= 0.6 is 0 Å². The summed E-state index contributed by atoms with van der Waals surface area (Å²) < 4.78 is 5.49. The summed E-state index contributed by atoms with van der Waals surface area (Å²) in [5.41, 5.74) is 5.50. The zero-order chi connectivity index (χ0) is 10.2. The van der Waals surface area contributed by atoms with Gasteiger partial charge in [0, 0.05) is 6.54 Å². The summed E-state index contributed by atoms with van der Waals surface area (Å²) in [6.45, 7) is 2.55. The summed E-state index contributed by atoms with van der Waals surface area (Å²) in [5, 5.41) is 2.99. The van der Waals surface area contributed by atoms with E-state index in [9.17, 15) is 4.79 Å². The molecule has 0 radical (unpaired) electrons. The molecule has 1 heterocycles. The Bertz CT molecular complexity index is 238. The van der Waals surface area contributed by atoms with Gasteiger partial charge in [0.25, 0.3) is 0 Å². The Morgan fingerprint density at radius 3 is 2.71 bits per heavy atom. The molecule has 0 aromatic rings. The molecule has 2 atom stereocenters. The highest BCUT2D eigenvalue weighted by Crippen LogP contribution is 2.34. The van der Waals surface area contributed by atoms with Crippen molar-refractivity contribution in [3.8, 4) is 0 Å². The van der Waals surface area contributed by atoms with Crippen molar-refractivity contribution in [2.75, 3.05) is 6.54 Å². The molecule has 2 fully saturated rings. The fourth-order valence-corrected chi connectivity index (χ4v) is 1.87. The average molecular weight is 198 g/mol. The molecular weight excluding hydrogens is 180 g/mol. The number of hydrogen-bond donors (Lipinski definition) is 2. The predicted molar refractivity (Wildman–Crippen MR) is 52.7 cm³/mol. The summed E-state index contributed by atoms with van der Waals surface area (Å²) in [7, 11) is 0. The van der Waals surface area contributed by atoms with Crippen molar-refractivity contribution in [2.24, 2.45) is 5.73 Å². The first kappa shape index (κ1) is 9.93. The SMILES string of the molecule is CC1CCC(C(=O)NC2(CN)CC2)O1. The number of ether oxygens (including phenoxy) is 1. The van der Waals surface area contributed by atoms with Crippen LogP contribution in [0.5, 0.6) is 0 Å². The minimum atomic E-state index is -0.242. The van der Waals surface area contributed by atoms with Crippen molar-refractivity contribution in [3.05, 3.63) is 0 Å². The van der Waals surface area contributed by atoms with Crippen LogP contribution in [0, 0.1) is 0 Å². The number of hydrogen-bond acceptors (Lipinski definition) is 3. The van der Waals surface area contributed by atoms with Crippen LogP contribution in [0.2, 0.25) is 0 Å². The number of carbonyl (C=O) groups excluding carboxylic acids is 1. The Labute approximate surface area is 84.2 Å². The topological polar surface area (TPSA) is 64.4 Å². The van der Waals surface area contributed by atoms with Crippen molar-refractivity contribution in [1.29, 1.82) is 0 Å². The molecule has 0 spiro atoms. The predicted octanol–water partition coefficient (Wildman–Crippen LogP) is 0.161. The van der Waals surface area contributed by atoms with E-state index < -0.39 is 0 Å². The van der Waals surface area contributed by atoms with Gasteiger partial charge in [-0.05, 0) is 32.6 Å². The first-order chi connectivity index (χ1) is 6.65. The molecule has 1 aliphatic heterocycles. The maximum absolute atomic E-state index is 11.7. The number of nitrogens with two attached hydrogens (primary N) is 1. The highest BCUT2D eigenvalue weighted by molar-refractivity contribution is 5.82. The van der Waals surface area contributed by atoms with Crippen LogP contribution in [0.25, 0.3) is 0 Å². The minimum absolute atomic E-state index is 0.0253. The Morgan fingerprint density at radius 1 is 1.57 bits per heavy atom. The summed E-state index contributed by atoms with van der Waals surface area (Å²) in [6.07, 6.45) is 3.82. The lowest BCUT2D eigenvalue weighted by Gasteiger charge is -2.18. The first-order valence-electron chi connectivity index (χ1n) is 5.33. The molecule has 2 rings (SSSR count). The van der Waals surface area contributed by atoms with Gasteiger partial charge in [0.2, 0.25) is 5.91 Å². The van der Waals surface area contributed by atoms with Crippen molar-refractivity contribution in [3.63, 3.8) is 0 Å². The van der Waals surface area contributed by atoms with E-state index in [0.717, 1.165) is 25.7 Å². The normalized spacial score (nSPS) is 34.1. The molecule has 2 aliphatic rings. The molecule has 80 valence electrons. The summed E-state index contributed by atoms with van der Waals surface area (Å²) in [6, 6.07) is 0. The highest BCUT2D eigenvalue weighted by atomic mass is 16.5. The molecule has 4 heteroatoms. The third kappa shape index (κ3) is 1.91. The zero-order valence-corrected chi connectivity index (χ0v) is 8.58. The molecule has 1 aliphatic carbocycles. The standard InChI is InChI=1S/C10H18N2O2/c1-7-2-3-8(14-7)9(13)12-10(6-11)4-5-10/h7-8H,2-6,11H2,1H3,(H,12,13). The smallest absolute Gasteiger partial charge is 0.249 e. The second-order valence-corrected chi connectivity index (χ2v) is 4.49. The monoisotopic (exact) mass is 198 g/mol. The van der Waals surface area contributed by atoms with E-state index in [1.165, 1.54) is 0 Å². The maximum atomic E-state index is 11.7. The largest absolute Gasteiger partial charge is 0.365 e. The van der Waals surface area contributed by atoms with Gasteiger partial charge < -0.3 is 15.8 Å². The van der Waals surface area contributed by atoms with E-state index in [-0.39, 0.29) is 23.7 Å². The van der Waals surface area contributed by atoms with Gasteiger partial charge in [-0.1, -0.05) is 0 Å². The van der Waals surface area contributed by atoms with Gasteiger partial charge in [-0.3, -0.25) is 4.79 Å². The van der Waals surface area contributed by atoms with E-state index in [1.807, 2.05) is 6.92 Å². The first-order valence-corrected chi connectivity index (χ1v) is 5.33. The molecule has 2 unspecified atom stereocenters.